The zero-order valence-corrected chi connectivity index (χ0v) is 37.0. The standard InChI is InChI=1S/C43H66FN3O15/c1-10-32(50)59-41-25(5)57-34(20-43(41,6)54)60-38-24(4)58-42(37(53)35(38)46(7)8)61-39-26(15-16-48)17-22(2)36(52)30-13-12-28(47(62-30)31-14-11-27(44)21-45-31)18-23(3)56-33(51)19-29(49)40(39)55-9/h11-14,16,21-26,28-30,34-42,49,52-54H,10,15,17-20H2,1-9H3/t22-,23-,24-,25+,26+,28+,29-,30-,34+,35-,36-,37-,38-,39+,40+,41+,42+,43-/m1/s1. The van der Waals surface area contributed by atoms with Crippen molar-refractivity contribution in [3.8, 4) is 0 Å². The lowest BCUT2D eigenvalue weighted by molar-refractivity contribution is -0.344. The summed E-state index contributed by atoms with van der Waals surface area (Å²) in [5.74, 6) is -2.90. The molecule has 3 saturated heterocycles. The van der Waals surface area contributed by atoms with Crippen LogP contribution in [0.3, 0.4) is 0 Å². The molecule has 3 fully saturated rings. The molecule has 1 aromatic heterocycles. The number of halogens is 1. The van der Waals surface area contributed by atoms with Gasteiger partial charge in [-0.2, -0.15) is 0 Å². The number of hydrogen-bond donors (Lipinski definition) is 4. The second kappa shape index (κ2) is 21.6. The van der Waals surface area contributed by atoms with Crippen molar-refractivity contribution < 1.29 is 77.2 Å². The predicted molar refractivity (Wildman–Crippen MR) is 217 cm³/mol. The number of methoxy groups -OCH3 is 1. The Morgan fingerprint density at radius 3 is 2.37 bits per heavy atom. The number of rotatable bonds is 11. The molecule has 0 radical (unpaired) electrons. The maximum atomic E-state index is 13.9. The van der Waals surface area contributed by atoms with Gasteiger partial charge in [0.1, 0.15) is 48.2 Å². The van der Waals surface area contributed by atoms with E-state index in [0.717, 1.165) is 6.20 Å². The van der Waals surface area contributed by atoms with Crippen molar-refractivity contribution in [2.24, 2.45) is 11.8 Å². The fourth-order valence-electron chi connectivity index (χ4n) is 9.06. The number of ether oxygens (including phenoxy) is 7. The quantitative estimate of drug-likeness (QED) is 0.142. The summed E-state index contributed by atoms with van der Waals surface area (Å²) >= 11 is 0. The number of esters is 2. The highest BCUT2D eigenvalue weighted by molar-refractivity contribution is 5.70. The Morgan fingerprint density at radius 2 is 1.76 bits per heavy atom. The normalized spacial score (nSPS) is 41.2. The van der Waals surface area contributed by atoms with E-state index < -0.39 is 133 Å². The van der Waals surface area contributed by atoms with E-state index in [9.17, 15) is 39.2 Å². The maximum Gasteiger partial charge on any atom is 0.308 e. The molecule has 19 heteroatoms. The van der Waals surface area contributed by atoms with Crippen LogP contribution in [0.5, 0.6) is 0 Å². The lowest BCUT2D eigenvalue weighted by Crippen LogP contribution is -2.66. The van der Waals surface area contributed by atoms with Gasteiger partial charge in [0.05, 0.1) is 55.2 Å². The minimum Gasteiger partial charge on any atom is -0.462 e. The van der Waals surface area contributed by atoms with E-state index in [4.69, 9.17) is 38.0 Å². The predicted octanol–water partition coefficient (Wildman–Crippen LogP) is 1.97. The van der Waals surface area contributed by atoms with Crippen LogP contribution in [0.1, 0.15) is 80.1 Å². The molecule has 4 N–H and O–H groups in total. The van der Waals surface area contributed by atoms with Crippen molar-refractivity contribution in [3.05, 3.63) is 36.3 Å². The Balaban J connectivity index is 1.42. The monoisotopic (exact) mass is 883 g/mol. The molecule has 0 unspecified atom stereocenters. The fraction of sp³-hybridized carbons (Fsp3) is 0.767. The van der Waals surface area contributed by atoms with Crippen molar-refractivity contribution in [2.45, 2.75) is 177 Å². The second-order valence-electron chi connectivity index (χ2n) is 17.5. The average molecular weight is 884 g/mol. The topological polar surface area (TPSA) is 225 Å². The number of aliphatic hydroxyl groups excluding tert-OH is 3. The number of aromatic nitrogens is 1. The SMILES string of the molecule is CCC(=O)O[C@H]1[C@H](C)O[C@@H](O[C@H]2[C@H](N(C)C)[C@@H](O)[C@H](O[C@H]3[C@@H](CC=O)C[C@@H](C)[C@@H](O)[C@H]4C=C[C@@H](C[C@@H](C)OC(=O)C[C@@H](O)[C@@H]3OC)N(c3ccc(F)cn3)O4)O[C@@H]2C)C[C@@]1(C)O. The van der Waals surface area contributed by atoms with Crippen LogP contribution < -0.4 is 5.06 Å². The molecule has 5 aliphatic rings. The Hall–Kier alpha value is -3.21. The van der Waals surface area contributed by atoms with E-state index in [2.05, 4.69) is 4.98 Å². The van der Waals surface area contributed by atoms with Gasteiger partial charge in [-0.05, 0) is 72.2 Å². The van der Waals surface area contributed by atoms with E-state index in [0.29, 0.717) is 6.29 Å². The van der Waals surface area contributed by atoms with Gasteiger partial charge in [0, 0.05) is 32.8 Å². The lowest BCUT2D eigenvalue weighted by atomic mass is 9.81. The Morgan fingerprint density at radius 1 is 1.03 bits per heavy atom. The number of aliphatic hydroxyl groups is 4. The number of anilines is 1. The zero-order chi connectivity index (χ0) is 45.6. The van der Waals surface area contributed by atoms with Crippen LogP contribution in [0.25, 0.3) is 0 Å². The maximum absolute atomic E-state index is 13.9. The number of hydroxylamine groups is 1. The minimum atomic E-state index is -1.52. The first-order chi connectivity index (χ1) is 29.3. The molecule has 1 aromatic rings. The number of carbonyl (C=O) groups excluding carboxylic acids is 3. The van der Waals surface area contributed by atoms with Crippen molar-refractivity contribution in [1.82, 2.24) is 9.88 Å². The summed E-state index contributed by atoms with van der Waals surface area (Å²) < 4.78 is 56.4. The third kappa shape index (κ3) is 11.9. The number of hydrogen-bond acceptors (Lipinski definition) is 18. The highest BCUT2D eigenvalue weighted by atomic mass is 19.1. The Labute approximate surface area is 362 Å². The molecule has 0 amide bonds. The van der Waals surface area contributed by atoms with E-state index in [1.165, 1.54) is 24.3 Å². The smallest absolute Gasteiger partial charge is 0.308 e. The van der Waals surface area contributed by atoms with Crippen LogP contribution in [-0.2, 0) is 52.4 Å². The number of likely N-dealkylation sites (N-methyl/N-ethyl adjacent to an activating group) is 1. The van der Waals surface area contributed by atoms with Gasteiger partial charge in [0.15, 0.2) is 24.5 Å². The van der Waals surface area contributed by atoms with Gasteiger partial charge < -0.3 is 63.3 Å². The van der Waals surface area contributed by atoms with E-state index in [-0.39, 0.29) is 37.9 Å². The van der Waals surface area contributed by atoms with Gasteiger partial charge in [-0.1, -0.05) is 26.0 Å². The first-order valence-corrected chi connectivity index (χ1v) is 21.4. The summed E-state index contributed by atoms with van der Waals surface area (Å²) in [6, 6.07) is 1.32. The number of carbonyl (C=O) groups is 3. The fourth-order valence-corrected chi connectivity index (χ4v) is 9.06. The number of nitrogens with zero attached hydrogens (tertiary/aromatic N) is 3. The van der Waals surface area contributed by atoms with Gasteiger partial charge in [0.25, 0.3) is 0 Å². The first-order valence-electron chi connectivity index (χ1n) is 21.4. The summed E-state index contributed by atoms with van der Waals surface area (Å²) in [6.45, 7) is 10.0. The third-order valence-corrected chi connectivity index (χ3v) is 12.2. The summed E-state index contributed by atoms with van der Waals surface area (Å²) in [5, 5.41) is 48.3. The Bertz CT molecular complexity index is 1660. The third-order valence-electron chi connectivity index (χ3n) is 12.2. The largest absolute Gasteiger partial charge is 0.462 e. The number of aldehydes is 1. The zero-order valence-electron chi connectivity index (χ0n) is 37.0. The van der Waals surface area contributed by atoms with Gasteiger partial charge in [-0.25, -0.2) is 14.4 Å². The van der Waals surface area contributed by atoms with Crippen molar-refractivity contribution in [3.63, 3.8) is 0 Å². The van der Waals surface area contributed by atoms with E-state index >= 15 is 0 Å². The molecule has 0 spiro atoms. The summed E-state index contributed by atoms with van der Waals surface area (Å²) in [4.78, 5) is 50.1. The van der Waals surface area contributed by atoms with Crippen LogP contribution >= 0.6 is 0 Å². The number of fused-ring (bicyclic) bond motifs is 12. The molecule has 0 saturated carbocycles. The van der Waals surface area contributed by atoms with Crippen LogP contribution in [0.15, 0.2) is 30.5 Å². The molecule has 350 valence electrons. The van der Waals surface area contributed by atoms with Crippen LogP contribution in [0.2, 0.25) is 0 Å². The van der Waals surface area contributed by atoms with Gasteiger partial charge >= 0.3 is 11.9 Å². The number of pyridine rings is 1. The summed E-state index contributed by atoms with van der Waals surface area (Å²) in [6.07, 6.45) is -8.99. The van der Waals surface area contributed by atoms with Crippen molar-refractivity contribution >= 4 is 24.0 Å². The van der Waals surface area contributed by atoms with Gasteiger partial charge in [0.2, 0.25) is 0 Å². The molecule has 18 atom stereocenters. The molecule has 0 aromatic carbocycles. The molecule has 5 aliphatic heterocycles. The van der Waals surface area contributed by atoms with Gasteiger partial charge in [-0.3, -0.25) is 14.4 Å². The molecule has 18 nitrogen and oxygen atoms in total. The average Bonchev–Trinajstić information content (AvgIpc) is 3.20. The van der Waals surface area contributed by atoms with Crippen molar-refractivity contribution in [1.29, 1.82) is 0 Å². The first kappa shape index (κ1) is 49.8. The van der Waals surface area contributed by atoms with E-state index in [1.54, 1.807) is 72.7 Å². The summed E-state index contributed by atoms with van der Waals surface area (Å²) in [7, 11) is 4.79. The van der Waals surface area contributed by atoms with Crippen LogP contribution in [0.4, 0.5) is 10.2 Å². The summed E-state index contributed by atoms with van der Waals surface area (Å²) in [5.41, 5.74) is -1.51. The molecule has 6 heterocycles. The highest BCUT2D eigenvalue weighted by Crippen LogP contribution is 2.38. The van der Waals surface area contributed by atoms with Crippen LogP contribution in [0, 0.1) is 17.7 Å². The molecule has 62 heavy (non-hydrogen) atoms. The Kier molecular flexibility index (Phi) is 17.4. The second-order valence-corrected chi connectivity index (χ2v) is 17.5. The highest BCUT2D eigenvalue weighted by Gasteiger charge is 2.53. The molecule has 2 bridgehead atoms. The van der Waals surface area contributed by atoms with Gasteiger partial charge in [-0.15, -0.1) is 0 Å². The lowest BCUT2D eigenvalue weighted by Gasteiger charge is -2.50. The van der Waals surface area contributed by atoms with Crippen molar-refractivity contribution in [2.75, 3.05) is 26.3 Å². The van der Waals surface area contributed by atoms with E-state index in [1.807, 2.05) is 0 Å². The minimum absolute atomic E-state index is 0.0596. The molecule has 0 aliphatic carbocycles. The molecule has 6 rings (SSSR count). The van der Waals surface area contributed by atoms with Crippen LogP contribution in [-0.4, -0.2) is 167 Å². The molecular formula is C43H66FN3O15. The molecular weight excluding hydrogens is 817 g/mol.